The van der Waals surface area contributed by atoms with Gasteiger partial charge in [-0.25, -0.2) is 4.98 Å². The SMILES string of the molecule is COc1cnc(Cl)c2[nH]cc(C(=O)C(=O)N3CCN(c4c(-c5ccccc5)c(=O)c4=O)CC3)c12. The van der Waals surface area contributed by atoms with Crippen molar-refractivity contribution in [1.82, 2.24) is 14.9 Å². The molecule has 9 nitrogen and oxygen atoms in total. The van der Waals surface area contributed by atoms with Crippen molar-refractivity contribution in [1.29, 1.82) is 0 Å². The number of anilines is 1. The highest BCUT2D eigenvalue weighted by Gasteiger charge is 2.33. The fraction of sp³-hybridized carbons (Fsp3) is 0.208. The molecule has 0 aliphatic carbocycles. The smallest absolute Gasteiger partial charge is 0.295 e. The number of carbonyl (C=O) groups excluding carboxylic acids is 2. The van der Waals surface area contributed by atoms with Crippen LogP contribution in [0, 0.1) is 0 Å². The third-order valence-corrected chi connectivity index (χ3v) is 6.40. The number of nitrogens with one attached hydrogen (secondary N) is 1. The monoisotopic (exact) mass is 478 g/mol. The van der Waals surface area contributed by atoms with Crippen molar-refractivity contribution in [3.63, 3.8) is 0 Å². The summed E-state index contributed by atoms with van der Waals surface area (Å²) in [4.78, 5) is 60.8. The molecule has 1 fully saturated rings. The van der Waals surface area contributed by atoms with E-state index < -0.39 is 22.5 Å². The summed E-state index contributed by atoms with van der Waals surface area (Å²) in [5.74, 6) is -1.03. The highest BCUT2D eigenvalue weighted by Crippen LogP contribution is 2.32. The number of fused-ring (bicyclic) bond motifs is 1. The third kappa shape index (κ3) is 3.36. The van der Waals surface area contributed by atoms with Crippen LogP contribution in [0.1, 0.15) is 10.4 Å². The number of aromatic nitrogens is 2. The summed E-state index contributed by atoms with van der Waals surface area (Å²) < 4.78 is 5.29. The molecule has 0 bridgehead atoms. The quantitative estimate of drug-likeness (QED) is 0.265. The zero-order valence-electron chi connectivity index (χ0n) is 18.1. The lowest BCUT2D eigenvalue weighted by Gasteiger charge is -2.36. The molecule has 0 saturated carbocycles. The number of amides is 1. The van der Waals surface area contributed by atoms with E-state index in [4.69, 9.17) is 16.3 Å². The zero-order valence-corrected chi connectivity index (χ0v) is 18.9. The fourth-order valence-corrected chi connectivity index (χ4v) is 4.56. The van der Waals surface area contributed by atoms with Crippen LogP contribution in [0.4, 0.5) is 5.69 Å². The van der Waals surface area contributed by atoms with Crippen LogP contribution in [0.15, 0.2) is 52.3 Å². The van der Waals surface area contributed by atoms with Crippen LogP contribution in [-0.2, 0) is 4.79 Å². The van der Waals surface area contributed by atoms with E-state index in [2.05, 4.69) is 9.97 Å². The minimum atomic E-state index is -0.695. The number of halogens is 1. The minimum absolute atomic E-state index is 0.150. The number of methoxy groups -OCH3 is 1. The number of hydrogen-bond donors (Lipinski definition) is 1. The van der Waals surface area contributed by atoms with E-state index in [-0.39, 0.29) is 23.8 Å². The number of benzene rings is 1. The maximum atomic E-state index is 13.1. The predicted molar refractivity (Wildman–Crippen MR) is 128 cm³/mol. The number of ketones is 1. The van der Waals surface area contributed by atoms with Gasteiger partial charge in [-0.2, -0.15) is 0 Å². The number of pyridine rings is 1. The van der Waals surface area contributed by atoms with Crippen molar-refractivity contribution in [2.75, 3.05) is 38.2 Å². The van der Waals surface area contributed by atoms with Crippen molar-refractivity contribution >= 4 is 39.9 Å². The molecule has 1 aliphatic rings. The van der Waals surface area contributed by atoms with Crippen LogP contribution in [-0.4, -0.2) is 59.8 Å². The van der Waals surface area contributed by atoms with Crippen LogP contribution >= 0.6 is 11.6 Å². The van der Waals surface area contributed by atoms with Crippen molar-refractivity contribution in [2.24, 2.45) is 0 Å². The average Bonchev–Trinajstić information content (AvgIpc) is 3.33. The molecule has 172 valence electrons. The Labute approximate surface area is 198 Å². The number of aromatic amines is 1. The maximum absolute atomic E-state index is 13.1. The van der Waals surface area contributed by atoms with E-state index in [1.807, 2.05) is 6.07 Å². The number of nitrogens with zero attached hydrogens (tertiary/aromatic N) is 3. The van der Waals surface area contributed by atoms with E-state index in [0.29, 0.717) is 46.6 Å². The molecular weight excluding hydrogens is 460 g/mol. The van der Waals surface area contributed by atoms with Crippen LogP contribution < -0.4 is 20.5 Å². The summed E-state index contributed by atoms with van der Waals surface area (Å²) in [5.41, 5.74) is 1.00. The lowest BCUT2D eigenvalue weighted by molar-refractivity contribution is -0.126. The Morgan fingerprint density at radius 3 is 2.44 bits per heavy atom. The lowest BCUT2D eigenvalue weighted by Crippen LogP contribution is -2.54. The number of rotatable bonds is 5. The predicted octanol–water partition coefficient (Wildman–Crippen LogP) is 2.02. The molecular formula is C24H19ClN4O5. The van der Waals surface area contributed by atoms with Gasteiger partial charge in [-0.05, 0) is 5.56 Å². The zero-order chi connectivity index (χ0) is 24.0. The molecule has 10 heteroatoms. The van der Waals surface area contributed by atoms with Crippen molar-refractivity contribution in [3.8, 4) is 16.9 Å². The molecule has 4 aromatic rings. The molecule has 1 aliphatic heterocycles. The normalized spacial score (nSPS) is 14.1. The topological polar surface area (TPSA) is 113 Å². The van der Waals surface area contributed by atoms with Crippen LogP contribution in [0.25, 0.3) is 22.0 Å². The Bertz CT molecular complexity index is 1500. The van der Waals surface area contributed by atoms with Crippen LogP contribution in [0.2, 0.25) is 5.15 Å². The van der Waals surface area contributed by atoms with E-state index in [1.54, 1.807) is 29.2 Å². The molecule has 1 amide bonds. The fourth-order valence-electron chi connectivity index (χ4n) is 4.37. The van der Waals surface area contributed by atoms with Gasteiger partial charge in [-0.1, -0.05) is 41.9 Å². The van der Waals surface area contributed by atoms with Gasteiger partial charge in [0.15, 0.2) is 5.15 Å². The van der Waals surface area contributed by atoms with Gasteiger partial charge in [0.05, 0.1) is 35.3 Å². The van der Waals surface area contributed by atoms with Crippen molar-refractivity contribution in [2.45, 2.75) is 0 Å². The molecule has 2 aromatic carbocycles. The Morgan fingerprint density at radius 2 is 1.76 bits per heavy atom. The summed E-state index contributed by atoms with van der Waals surface area (Å²) in [5, 5.41) is 0.564. The number of Topliss-reactive ketones (excluding diaryl/α,β-unsaturated/α-hetero) is 1. The van der Waals surface area contributed by atoms with Gasteiger partial charge in [-0.3, -0.25) is 19.2 Å². The number of H-pyrrole nitrogens is 1. The largest absolute Gasteiger partial charge is 0.494 e. The first-order valence-corrected chi connectivity index (χ1v) is 11.0. The summed E-state index contributed by atoms with van der Waals surface area (Å²) in [6.07, 6.45) is 2.82. The molecule has 1 N–H and O–H groups in total. The first-order chi connectivity index (χ1) is 16.4. The molecule has 0 radical (unpaired) electrons. The molecule has 0 atom stereocenters. The summed E-state index contributed by atoms with van der Waals surface area (Å²) in [6, 6.07) is 9.02. The van der Waals surface area contributed by atoms with E-state index in [9.17, 15) is 19.2 Å². The van der Waals surface area contributed by atoms with Gasteiger partial charge in [0.2, 0.25) is 10.9 Å². The van der Waals surface area contributed by atoms with Crippen molar-refractivity contribution in [3.05, 3.63) is 73.9 Å². The highest BCUT2D eigenvalue weighted by atomic mass is 35.5. The number of hydrogen-bond acceptors (Lipinski definition) is 7. The molecule has 0 unspecified atom stereocenters. The number of piperazine rings is 1. The second kappa shape index (κ2) is 8.42. The Morgan fingerprint density at radius 1 is 1.06 bits per heavy atom. The van der Waals surface area contributed by atoms with Gasteiger partial charge in [0.1, 0.15) is 11.4 Å². The third-order valence-electron chi connectivity index (χ3n) is 6.12. The summed E-state index contributed by atoms with van der Waals surface area (Å²) in [7, 11) is 1.44. The van der Waals surface area contributed by atoms with Gasteiger partial charge in [0.25, 0.3) is 11.7 Å². The summed E-state index contributed by atoms with van der Waals surface area (Å²) >= 11 is 6.11. The average molecular weight is 479 g/mol. The number of carbonyl (C=O) groups is 2. The second-order valence-corrected chi connectivity index (χ2v) is 8.28. The van der Waals surface area contributed by atoms with Gasteiger partial charge < -0.3 is 19.5 Å². The maximum Gasteiger partial charge on any atom is 0.295 e. The highest BCUT2D eigenvalue weighted by molar-refractivity contribution is 6.45. The Hall–Kier alpha value is -3.98. The van der Waals surface area contributed by atoms with Gasteiger partial charge in [-0.15, -0.1) is 0 Å². The second-order valence-electron chi connectivity index (χ2n) is 7.93. The van der Waals surface area contributed by atoms with Crippen LogP contribution in [0.5, 0.6) is 5.75 Å². The number of ether oxygens (including phenoxy) is 1. The molecule has 34 heavy (non-hydrogen) atoms. The Kier molecular flexibility index (Phi) is 5.41. The minimum Gasteiger partial charge on any atom is -0.494 e. The van der Waals surface area contributed by atoms with E-state index in [1.165, 1.54) is 24.4 Å². The molecule has 1 saturated heterocycles. The molecule has 5 rings (SSSR count). The standard InChI is InChI=1S/C24H19ClN4O5/c1-34-15-12-27-23(25)18-17(15)14(11-26-18)20(30)24(33)29-9-7-28(8-10-29)19-16(21(31)22(19)32)13-5-3-2-4-6-13/h2-6,11-12,26H,7-10H2,1H3. The Balaban J connectivity index is 1.35. The van der Waals surface area contributed by atoms with Gasteiger partial charge in [0, 0.05) is 32.4 Å². The van der Waals surface area contributed by atoms with E-state index >= 15 is 0 Å². The summed E-state index contributed by atoms with van der Waals surface area (Å²) in [6.45, 7) is 1.13. The molecule has 2 aromatic heterocycles. The molecule has 3 heterocycles. The lowest BCUT2D eigenvalue weighted by atomic mass is 9.97. The first kappa shape index (κ1) is 21.8. The van der Waals surface area contributed by atoms with Crippen molar-refractivity contribution < 1.29 is 14.3 Å². The molecule has 0 spiro atoms. The van der Waals surface area contributed by atoms with Crippen LogP contribution in [0.3, 0.4) is 0 Å². The van der Waals surface area contributed by atoms with E-state index in [0.717, 1.165) is 0 Å². The van der Waals surface area contributed by atoms with Gasteiger partial charge >= 0.3 is 0 Å². The first-order valence-electron chi connectivity index (χ1n) is 10.6.